The number of hydrogen-bond donors (Lipinski definition) is 1. The van der Waals surface area contributed by atoms with Gasteiger partial charge in [0.25, 0.3) is 0 Å². The van der Waals surface area contributed by atoms with Crippen LogP contribution in [0.15, 0.2) is 23.1 Å². The molecule has 14 heavy (non-hydrogen) atoms. The number of sulfonamides is 1. The van der Waals surface area contributed by atoms with Crippen LogP contribution >= 0.6 is 0 Å². The van der Waals surface area contributed by atoms with Gasteiger partial charge in [-0.25, -0.2) is 17.5 Å². The summed E-state index contributed by atoms with van der Waals surface area (Å²) in [6.07, 6.45) is 0. The van der Waals surface area contributed by atoms with Gasteiger partial charge >= 0.3 is 0 Å². The number of rotatable bonds is 3. The van der Waals surface area contributed by atoms with Crippen LogP contribution in [0, 0.1) is 12.7 Å². The van der Waals surface area contributed by atoms with Crippen molar-refractivity contribution in [1.29, 1.82) is 0 Å². The Kier molecular flexibility index (Phi) is 3.23. The van der Waals surface area contributed by atoms with Gasteiger partial charge < -0.3 is 0 Å². The van der Waals surface area contributed by atoms with E-state index in [0.29, 0.717) is 5.56 Å². The maximum Gasteiger partial charge on any atom is 0.243 e. The number of nitrogens with one attached hydrogen (secondary N) is 1. The van der Waals surface area contributed by atoms with Crippen molar-refractivity contribution in [1.82, 2.24) is 4.72 Å². The third-order valence-corrected chi connectivity index (χ3v) is 3.29. The van der Waals surface area contributed by atoms with Crippen molar-refractivity contribution in [3.8, 4) is 0 Å². The molecule has 0 unspecified atom stereocenters. The normalized spacial score (nSPS) is 11.6. The maximum absolute atomic E-state index is 13.3. The third-order valence-electron chi connectivity index (χ3n) is 1.71. The molecule has 0 aliphatic heterocycles. The summed E-state index contributed by atoms with van der Waals surface area (Å²) in [5.74, 6) is -0.717. The van der Waals surface area contributed by atoms with Crippen LogP contribution in [0.2, 0.25) is 0 Å². The van der Waals surface area contributed by atoms with E-state index >= 15 is 0 Å². The van der Waals surface area contributed by atoms with Gasteiger partial charge in [-0.05, 0) is 24.6 Å². The first-order valence-electron chi connectivity index (χ1n) is 4.23. The van der Waals surface area contributed by atoms with Crippen LogP contribution in [-0.2, 0) is 10.0 Å². The Bertz CT molecular complexity index is 428. The van der Waals surface area contributed by atoms with Crippen molar-refractivity contribution in [2.24, 2.45) is 0 Å². The minimum Gasteiger partial charge on any atom is -0.211 e. The standard InChI is InChI=1S/C9H12FNO2S/c1-3-11-14(12,13)9-5-4-7(2)6-8(9)10/h4-6,11H,3H2,1-2H3. The number of hydrogen-bond acceptors (Lipinski definition) is 2. The Balaban J connectivity index is 3.20. The van der Waals surface area contributed by atoms with E-state index in [1.54, 1.807) is 19.9 Å². The van der Waals surface area contributed by atoms with E-state index in [1.165, 1.54) is 12.1 Å². The Morgan fingerprint density at radius 3 is 2.57 bits per heavy atom. The van der Waals surface area contributed by atoms with Gasteiger partial charge in [-0.2, -0.15) is 0 Å². The zero-order valence-corrected chi connectivity index (χ0v) is 8.86. The predicted molar refractivity (Wildman–Crippen MR) is 52.0 cm³/mol. The minimum absolute atomic E-state index is 0.246. The second-order valence-corrected chi connectivity index (χ2v) is 4.67. The van der Waals surface area contributed by atoms with Gasteiger partial charge in [0.2, 0.25) is 10.0 Å². The highest BCUT2D eigenvalue weighted by Gasteiger charge is 2.17. The minimum atomic E-state index is -3.68. The molecule has 0 bridgehead atoms. The number of benzene rings is 1. The molecular formula is C9H12FNO2S. The molecule has 0 radical (unpaired) electrons. The molecule has 0 fully saturated rings. The van der Waals surface area contributed by atoms with Crippen molar-refractivity contribution < 1.29 is 12.8 Å². The highest BCUT2D eigenvalue weighted by atomic mass is 32.2. The molecule has 1 aromatic carbocycles. The fourth-order valence-corrected chi connectivity index (χ4v) is 2.19. The molecule has 0 spiro atoms. The molecule has 0 aliphatic carbocycles. The Hall–Kier alpha value is -0.940. The van der Waals surface area contributed by atoms with Crippen molar-refractivity contribution in [2.75, 3.05) is 6.54 Å². The third kappa shape index (κ3) is 2.30. The van der Waals surface area contributed by atoms with E-state index < -0.39 is 15.8 Å². The first kappa shape index (κ1) is 11.1. The van der Waals surface area contributed by atoms with Crippen LogP contribution < -0.4 is 4.72 Å². The van der Waals surface area contributed by atoms with Gasteiger partial charge in [-0.15, -0.1) is 0 Å². The van der Waals surface area contributed by atoms with Crippen LogP contribution in [-0.4, -0.2) is 15.0 Å². The van der Waals surface area contributed by atoms with Crippen LogP contribution in [0.5, 0.6) is 0 Å². The van der Waals surface area contributed by atoms with E-state index in [2.05, 4.69) is 4.72 Å². The quantitative estimate of drug-likeness (QED) is 0.832. The summed E-state index contributed by atoms with van der Waals surface area (Å²) in [6, 6.07) is 4.03. The Morgan fingerprint density at radius 1 is 1.43 bits per heavy atom. The molecule has 5 heteroatoms. The Labute approximate surface area is 83.0 Å². The van der Waals surface area contributed by atoms with Gasteiger partial charge in [0.05, 0.1) is 0 Å². The van der Waals surface area contributed by atoms with Crippen LogP contribution in [0.3, 0.4) is 0 Å². The Morgan fingerprint density at radius 2 is 2.07 bits per heavy atom. The summed E-state index contributed by atoms with van der Waals surface area (Å²) >= 11 is 0. The van der Waals surface area contributed by atoms with E-state index in [-0.39, 0.29) is 11.4 Å². The molecule has 1 rings (SSSR count). The van der Waals surface area contributed by atoms with E-state index in [9.17, 15) is 12.8 Å². The van der Waals surface area contributed by atoms with E-state index in [1.807, 2.05) is 0 Å². The van der Waals surface area contributed by atoms with Crippen molar-refractivity contribution in [2.45, 2.75) is 18.7 Å². The molecule has 3 nitrogen and oxygen atoms in total. The molecule has 1 aromatic rings. The average molecular weight is 217 g/mol. The van der Waals surface area contributed by atoms with Crippen molar-refractivity contribution in [3.63, 3.8) is 0 Å². The zero-order chi connectivity index (χ0) is 10.8. The van der Waals surface area contributed by atoms with Gasteiger partial charge in [0.15, 0.2) is 0 Å². The van der Waals surface area contributed by atoms with Crippen molar-refractivity contribution >= 4 is 10.0 Å². The second-order valence-electron chi connectivity index (χ2n) is 2.94. The summed E-state index contributed by atoms with van der Waals surface area (Å²) in [6.45, 7) is 3.59. The lowest BCUT2D eigenvalue weighted by atomic mass is 10.2. The molecule has 0 saturated carbocycles. The summed E-state index contributed by atoms with van der Waals surface area (Å²) < 4.78 is 38.3. The lowest BCUT2D eigenvalue weighted by Crippen LogP contribution is -2.24. The molecule has 0 atom stereocenters. The molecule has 0 aliphatic rings. The van der Waals surface area contributed by atoms with Crippen LogP contribution in [0.1, 0.15) is 12.5 Å². The largest absolute Gasteiger partial charge is 0.243 e. The molecule has 0 aromatic heterocycles. The predicted octanol–water partition coefficient (Wildman–Crippen LogP) is 1.43. The van der Waals surface area contributed by atoms with Crippen LogP contribution in [0.4, 0.5) is 4.39 Å². The topological polar surface area (TPSA) is 46.2 Å². The van der Waals surface area contributed by atoms with Gasteiger partial charge in [-0.3, -0.25) is 0 Å². The molecule has 1 N–H and O–H groups in total. The van der Waals surface area contributed by atoms with E-state index in [4.69, 9.17) is 0 Å². The molecule has 78 valence electrons. The molecular weight excluding hydrogens is 205 g/mol. The van der Waals surface area contributed by atoms with Crippen LogP contribution in [0.25, 0.3) is 0 Å². The number of aryl methyl sites for hydroxylation is 1. The molecule has 0 heterocycles. The fraction of sp³-hybridized carbons (Fsp3) is 0.333. The highest BCUT2D eigenvalue weighted by Crippen LogP contribution is 2.15. The second kappa shape index (κ2) is 4.06. The van der Waals surface area contributed by atoms with E-state index in [0.717, 1.165) is 0 Å². The molecule has 0 amide bonds. The van der Waals surface area contributed by atoms with Gasteiger partial charge in [-0.1, -0.05) is 13.0 Å². The zero-order valence-electron chi connectivity index (χ0n) is 8.04. The fourth-order valence-electron chi connectivity index (χ4n) is 1.09. The summed E-state index contributed by atoms with van der Waals surface area (Å²) in [5.41, 5.74) is 0.693. The van der Waals surface area contributed by atoms with Crippen molar-refractivity contribution in [3.05, 3.63) is 29.6 Å². The molecule has 0 saturated heterocycles. The SMILES string of the molecule is CCNS(=O)(=O)c1ccc(C)cc1F. The lowest BCUT2D eigenvalue weighted by molar-refractivity contribution is 0.558. The smallest absolute Gasteiger partial charge is 0.211 e. The van der Waals surface area contributed by atoms with Gasteiger partial charge in [0.1, 0.15) is 10.7 Å². The number of halogens is 1. The monoisotopic (exact) mass is 217 g/mol. The summed E-state index contributed by atoms with van der Waals surface area (Å²) in [7, 11) is -3.68. The maximum atomic E-state index is 13.3. The van der Waals surface area contributed by atoms with Gasteiger partial charge in [0, 0.05) is 6.54 Å². The lowest BCUT2D eigenvalue weighted by Gasteiger charge is -2.05. The summed E-state index contributed by atoms with van der Waals surface area (Å²) in [5, 5.41) is 0. The summed E-state index contributed by atoms with van der Waals surface area (Å²) in [4.78, 5) is -0.301. The first-order valence-corrected chi connectivity index (χ1v) is 5.71. The first-order chi connectivity index (χ1) is 6.47. The highest BCUT2D eigenvalue weighted by molar-refractivity contribution is 7.89. The average Bonchev–Trinajstić information content (AvgIpc) is 2.02.